The molecule has 0 spiro atoms. The van der Waals surface area contributed by atoms with Crippen molar-refractivity contribution in [1.82, 2.24) is 0 Å². The highest BCUT2D eigenvalue weighted by Crippen LogP contribution is 2.29. The van der Waals surface area contributed by atoms with Crippen molar-refractivity contribution in [3.8, 4) is 0 Å². The fourth-order valence-corrected chi connectivity index (χ4v) is 4.00. The van der Waals surface area contributed by atoms with Gasteiger partial charge in [-0.05, 0) is 40.3 Å². The maximum atomic E-state index is 3.58. The van der Waals surface area contributed by atoms with Crippen molar-refractivity contribution in [2.45, 2.75) is 18.4 Å². The first-order chi connectivity index (χ1) is 9.88. The Morgan fingerprint density at radius 1 is 1.05 bits per heavy atom. The molecular formula is C17H17NS2. The molecule has 1 aromatic heterocycles. The fraction of sp³-hybridized carbons (Fsp3) is 0.176. The number of thioether (sulfide) groups is 1. The van der Waals surface area contributed by atoms with Gasteiger partial charge in [-0.25, -0.2) is 0 Å². The summed E-state index contributed by atoms with van der Waals surface area (Å²) in [6, 6.07) is 17.1. The molecule has 0 atom stereocenters. The van der Waals surface area contributed by atoms with Gasteiger partial charge >= 0.3 is 0 Å². The van der Waals surface area contributed by atoms with Gasteiger partial charge in [-0.15, -0.1) is 23.1 Å². The van der Waals surface area contributed by atoms with Crippen LogP contribution in [0.2, 0.25) is 0 Å². The van der Waals surface area contributed by atoms with Crippen LogP contribution in [0.15, 0.2) is 58.8 Å². The first-order valence-electron chi connectivity index (χ1n) is 6.79. The molecule has 0 aliphatic rings. The first-order valence-corrected chi connectivity index (χ1v) is 8.66. The van der Waals surface area contributed by atoms with Gasteiger partial charge in [0.05, 0.1) is 0 Å². The highest BCUT2D eigenvalue weighted by molar-refractivity contribution is 7.99. The zero-order chi connectivity index (χ0) is 13.8. The van der Waals surface area contributed by atoms with Gasteiger partial charge in [0.1, 0.15) is 0 Å². The second-order valence-corrected chi connectivity index (χ2v) is 6.76. The summed E-state index contributed by atoms with van der Waals surface area (Å²) >= 11 is 3.70. The van der Waals surface area contributed by atoms with Crippen LogP contribution >= 0.6 is 23.1 Å². The molecule has 0 bridgehead atoms. The van der Waals surface area contributed by atoms with E-state index in [9.17, 15) is 0 Å². The molecule has 2 aromatic carbocycles. The lowest BCUT2D eigenvalue weighted by Crippen LogP contribution is -1.99. The Morgan fingerprint density at radius 2 is 1.85 bits per heavy atom. The largest absolute Gasteiger partial charge is 0.380 e. The maximum absolute atomic E-state index is 3.58. The van der Waals surface area contributed by atoms with Crippen molar-refractivity contribution in [2.24, 2.45) is 0 Å². The summed E-state index contributed by atoms with van der Waals surface area (Å²) in [7, 11) is 0. The highest BCUT2D eigenvalue weighted by atomic mass is 32.2. The molecule has 3 heteroatoms. The lowest BCUT2D eigenvalue weighted by atomic mass is 10.2. The van der Waals surface area contributed by atoms with E-state index in [1.54, 1.807) is 0 Å². The van der Waals surface area contributed by atoms with Gasteiger partial charge in [0.25, 0.3) is 0 Å². The van der Waals surface area contributed by atoms with Crippen LogP contribution in [0.3, 0.4) is 0 Å². The van der Waals surface area contributed by atoms with Gasteiger partial charge < -0.3 is 5.32 Å². The Labute approximate surface area is 128 Å². The van der Waals surface area contributed by atoms with Crippen LogP contribution in [0.4, 0.5) is 5.69 Å². The molecule has 0 fully saturated rings. The maximum Gasteiger partial charge on any atom is 0.0481 e. The summed E-state index contributed by atoms with van der Waals surface area (Å²) in [4.78, 5) is 1.33. The smallest absolute Gasteiger partial charge is 0.0481 e. The number of para-hydroxylation sites is 1. The molecule has 1 heterocycles. The molecule has 0 radical (unpaired) electrons. The van der Waals surface area contributed by atoms with Gasteiger partial charge in [-0.3, -0.25) is 0 Å². The molecule has 0 aliphatic heterocycles. The van der Waals surface area contributed by atoms with E-state index < -0.39 is 0 Å². The van der Waals surface area contributed by atoms with Crippen LogP contribution < -0.4 is 5.32 Å². The summed E-state index contributed by atoms with van der Waals surface area (Å²) in [6.45, 7) is 3.07. The van der Waals surface area contributed by atoms with Crippen LogP contribution in [0.5, 0.6) is 0 Å². The van der Waals surface area contributed by atoms with Gasteiger partial charge in [-0.1, -0.05) is 37.3 Å². The molecule has 3 rings (SSSR count). The molecule has 20 heavy (non-hydrogen) atoms. The van der Waals surface area contributed by atoms with Gasteiger partial charge in [0.15, 0.2) is 0 Å². The normalized spacial score (nSPS) is 10.8. The Hall–Kier alpha value is -1.45. The molecule has 1 N–H and O–H groups in total. The van der Waals surface area contributed by atoms with Crippen LogP contribution in [0.1, 0.15) is 12.5 Å². The van der Waals surface area contributed by atoms with E-state index in [4.69, 9.17) is 0 Å². The molecule has 0 amide bonds. The molecule has 0 unspecified atom stereocenters. The molecular weight excluding hydrogens is 282 g/mol. The number of hydrogen-bond donors (Lipinski definition) is 1. The van der Waals surface area contributed by atoms with E-state index in [0.717, 1.165) is 12.3 Å². The van der Waals surface area contributed by atoms with Crippen molar-refractivity contribution < 1.29 is 0 Å². The molecule has 3 aromatic rings. The third kappa shape index (κ3) is 2.84. The molecule has 0 aliphatic carbocycles. The second kappa shape index (κ2) is 6.33. The van der Waals surface area contributed by atoms with E-state index in [2.05, 4.69) is 66.2 Å². The zero-order valence-corrected chi connectivity index (χ0v) is 13.1. The van der Waals surface area contributed by atoms with Crippen LogP contribution in [0.25, 0.3) is 10.1 Å². The van der Waals surface area contributed by atoms with Crippen LogP contribution in [-0.4, -0.2) is 5.75 Å². The summed E-state index contributed by atoms with van der Waals surface area (Å²) < 4.78 is 1.36. The van der Waals surface area contributed by atoms with Crippen LogP contribution in [-0.2, 0) is 6.54 Å². The summed E-state index contributed by atoms with van der Waals surface area (Å²) in [5, 5.41) is 7.20. The quantitative estimate of drug-likeness (QED) is 0.613. The number of rotatable bonds is 5. The highest BCUT2D eigenvalue weighted by Gasteiger charge is 2.05. The zero-order valence-electron chi connectivity index (χ0n) is 11.4. The van der Waals surface area contributed by atoms with Gasteiger partial charge in [0, 0.05) is 21.8 Å². The second-order valence-electron chi connectivity index (χ2n) is 4.54. The van der Waals surface area contributed by atoms with Crippen molar-refractivity contribution in [1.29, 1.82) is 0 Å². The summed E-state index contributed by atoms with van der Waals surface area (Å²) in [5.74, 6) is 1.10. The number of fused-ring (bicyclic) bond motifs is 1. The fourth-order valence-electron chi connectivity index (χ4n) is 2.25. The molecule has 1 nitrogen and oxygen atoms in total. The van der Waals surface area contributed by atoms with Crippen LogP contribution in [0, 0.1) is 0 Å². The van der Waals surface area contributed by atoms with E-state index in [0.29, 0.717) is 0 Å². The Balaban J connectivity index is 1.80. The third-order valence-corrected chi connectivity index (χ3v) is 5.19. The summed E-state index contributed by atoms with van der Waals surface area (Å²) in [6.07, 6.45) is 0. The standard InChI is InChI=1S/C17H17NS2/c1-2-19-17-10-6-4-8-15(17)18-11-13-12-20-16-9-5-3-7-14(13)16/h3-10,12,18H,2,11H2,1H3. The number of benzene rings is 2. The van der Waals surface area contributed by atoms with Crippen molar-refractivity contribution in [3.63, 3.8) is 0 Å². The predicted molar refractivity (Wildman–Crippen MR) is 92.0 cm³/mol. The van der Waals surface area contributed by atoms with Gasteiger partial charge in [-0.2, -0.15) is 0 Å². The van der Waals surface area contributed by atoms with E-state index in [-0.39, 0.29) is 0 Å². The lowest BCUT2D eigenvalue weighted by molar-refractivity contribution is 1.16. The Morgan fingerprint density at radius 3 is 2.75 bits per heavy atom. The summed E-state index contributed by atoms with van der Waals surface area (Å²) in [5.41, 5.74) is 2.61. The van der Waals surface area contributed by atoms with E-state index >= 15 is 0 Å². The predicted octanol–water partition coefficient (Wildman–Crippen LogP) is 5.63. The number of anilines is 1. The molecule has 0 saturated heterocycles. The number of hydrogen-bond acceptors (Lipinski definition) is 3. The Bertz CT molecular complexity index is 703. The number of thiophene rings is 1. The number of nitrogens with one attached hydrogen (secondary N) is 1. The third-order valence-electron chi connectivity index (χ3n) is 3.22. The minimum absolute atomic E-state index is 0.880. The lowest BCUT2D eigenvalue weighted by Gasteiger charge is -2.10. The van der Waals surface area contributed by atoms with E-state index in [1.807, 2.05) is 23.1 Å². The average molecular weight is 299 g/mol. The SMILES string of the molecule is CCSc1ccccc1NCc1csc2ccccc12. The first kappa shape index (κ1) is 13.5. The minimum Gasteiger partial charge on any atom is -0.380 e. The topological polar surface area (TPSA) is 12.0 Å². The Kier molecular flexibility index (Phi) is 4.28. The van der Waals surface area contributed by atoms with Gasteiger partial charge in [0.2, 0.25) is 0 Å². The van der Waals surface area contributed by atoms with E-state index in [1.165, 1.54) is 26.2 Å². The van der Waals surface area contributed by atoms with Crippen molar-refractivity contribution in [3.05, 3.63) is 59.5 Å². The van der Waals surface area contributed by atoms with Crippen molar-refractivity contribution >= 4 is 38.9 Å². The van der Waals surface area contributed by atoms with Crippen molar-refractivity contribution in [2.75, 3.05) is 11.1 Å². The molecule has 102 valence electrons. The molecule has 0 saturated carbocycles. The minimum atomic E-state index is 0.880. The monoisotopic (exact) mass is 299 g/mol. The average Bonchev–Trinajstić information content (AvgIpc) is 2.90.